The molecule has 1 saturated heterocycles. The summed E-state index contributed by atoms with van der Waals surface area (Å²) in [5, 5.41) is 19.8. The highest BCUT2D eigenvalue weighted by Crippen LogP contribution is 2.36. The topological polar surface area (TPSA) is 153 Å². The number of fused-ring (bicyclic) bond motifs is 1. The zero-order valence-corrected chi connectivity index (χ0v) is 14.4. The smallest absolute Gasteiger partial charge is 0.295 e. The van der Waals surface area contributed by atoms with Crippen LogP contribution in [0, 0.1) is 23.0 Å². The molecule has 2 heterocycles. The molecule has 1 aliphatic rings. The number of sulfonamides is 1. The lowest BCUT2D eigenvalue weighted by Gasteiger charge is -2.22. The predicted molar refractivity (Wildman–Crippen MR) is 90.9 cm³/mol. The number of rotatable bonds is 5. The second kappa shape index (κ2) is 6.58. The van der Waals surface area contributed by atoms with Crippen LogP contribution in [0.5, 0.6) is 0 Å². The van der Waals surface area contributed by atoms with Gasteiger partial charge >= 0.3 is 0 Å². The van der Waals surface area contributed by atoms with Crippen LogP contribution in [0.15, 0.2) is 11.0 Å². The molecule has 11 heteroatoms. The fourth-order valence-corrected chi connectivity index (χ4v) is 3.67. The third-order valence-electron chi connectivity index (χ3n) is 4.24. The minimum atomic E-state index is -4.16. The molecule has 0 saturated carbocycles. The highest BCUT2D eigenvalue weighted by atomic mass is 32.2. The largest absolute Gasteiger partial charge is 0.381 e. The molecule has 0 bridgehead atoms. The summed E-state index contributed by atoms with van der Waals surface area (Å²) in [5.41, 5.74) is 0.231. The van der Waals surface area contributed by atoms with Gasteiger partial charge in [0, 0.05) is 25.8 Å². The second-order valence-corrected chi connectivity index (χ2v) is 7.58. The van der Waals surface area contributed by atoms with Gasteiger partial charge < -0.3 is 15.0 Å². The summed E-state index contributed by atoms with van der Waals surface area (Å²) in [6, 6.07) is 0.963. The molecule has 25 heavy (non-hydrogen) atoms. The van der Waals surface area contributed by atoms with Crippen molar-refractivity contribution >= 4 is 32.4 Å². The average molecular weight is 369 g/mol. The van der Waals surface area contributed by atoms with Crippen LogP contribution in [0.1, 0.15) is 18.7 Å². The molecule has 0 radical (unpaired) electrons. The van der Waals surface area contributed by atoms with Gasteiger partial charge in [-0.2, -0.15) is 0 Å². The van der Waals surface area contributed by atoms with Crippen LogP contribution < -0.4 is 10.5 Å². The van der Waals surface area contributed by atoms with Crippen molar-refractivity contribution < 1.29 is 18.1 Å². The number of imidazole rings is 1. The van der Waals surface area contributed by atoms with E-state index in [2.05, 4.69) is 15.3 Å². The molecular weight excluding hydrogens is 350 g/mol. The van der Waals surface area contributed by atoms with Gasteiger partial charge in [0.05, 0.1) is 10.4 Å². The van der Waals surface area contributed by atoms with Crippen LogP contribution >= 0.6 is 0 Å². The number of aryl methyl sites for hydroxylation is 1. The molecule has 0 amide bonds. The molecule has 2 aromatic rings. The van der Waals surface area contributed by atoms with Crippen molar-refractivity contribution in [3.05, 3.63) is 22.0 Å². The van der Waals surface area contributed by atoms with E-state index in [4.69, 9.17) is 9.88 Å². The maximum absolute atomic E-state index is 11.8. The summed E-state index contributed by atoms with van der Waals surface area (Å²) in [6.07, 6.45) is 1.72. The number of benzene rings is 1. The third-order valence-corrected chi connectivity index (χ3v) is 5.17. The highest BCUT2D eigenvalue weighted by molar-refractivity contribution is 7.89. The minimum Gasteiger partial charge on any atom is -0.381 e. The molecule has 136 valence electrons. The Balaban J connectivity index is 2.09. The summed E-state index contributed by atoms with van der Waals surface area (Å²) >= 11 is 0. The van der Waals surface area contributed by atoms with Crippen molar-refractivity contribution in [1.82, 2.24) is 9.97 Å². The van der Waals surface area contributed by atoms with E-state index in [-0.39, 0.29) is 27.3 Å². The van der Waals surface area contributed by atoms with Crippen LogP contribution in [0.25, 0.3) is 11.0 Å². The maximum atomic E-state index is 11.8. The van der Waals surface area contributed by atoms with Crippen molar-refractivity contribution in [2.75, 3.05) is 25.1 Å². The molecule has 10 nitrogen and oxygen atoms in total. The number of nitrogens with two attached hydrogens (primary N) is 1. The van der Waals surface area contributed by atoms with Gasteiger partial charge in [0.25, 0.3) is 5.69 Å². The van der Waals surface area contributed by atoms with E-state index in [1.165, 1.54) is 0 Å². The maximum Gasteiger partial charge on any atom is 0.295 e. The van der Waals surface area contributed by atoms with Crippen molar-refractivity contribution in [3.63, 3.8) is 0 Å². The van der Waals surface area contributed by atoms with E-state index in [1.54, 1.807) is 6.92 Å². The zero-order chi connectivity index (χ0) is 18.2. The number of nitrogens with zero attached hydrogens (tertiary/aromatic N) is 2. The fourth-order valence-electron chi connectivity index (χ4n) is 2.98. The number of nitro groups is 1. The first kappa shape index (κ1) is 17.6. The summed E-state index contributed by atoms with van der Waals surface area (Å²) in [7, 11) is -4.16. The van der Waals surface area contributed by atoms with Crippen molar-refractivity contribution in [1.29, 1.82) is 0 Å². The van der Waals surface area contributed by atoms with Crippen molar-refractivity contribution in [2.45, 2.75) is 24.7 Å². The summed E-state index contributed by atoms with van der Waals surface area (Å²) < 4.78 is 28.9. The summed E-state index contributed by atoms with van der Waals surface area (Å²) in [6.45, 7) is 3.49. The number of aromatic amines is 1. The van der Waals surface area contributed by atoms with E-state index in [9.17, 15) is 18.5 Å². The van der Waals surface area contributed by atoms with Crippen LogP contribution in [0.2, 0.25) is 0 Å². The standard InChI is InChI=1S/C14H19N5O5S/c1-8-17-13-11(25(15,22)23)6-10(19(20)21)12(14(13)18-8)16-7-9-2-4-24-5-3-9/h6,9,16H,2-5,7H2,1H3,(H,17,18)(H2,15,22,23). The zero-order valence-electron chi connectivity index (χ0n) is 13.6. The van der Waals surface area contributed by atoms with Crippen molar-refractivity contribution in [3.8, 4) is 0 Å². The monoisotopic (exact) mass is 369 g/mol. The Labute approximate surface area is 144 Å². The lowest BCUT2D eigenvalue weighted by Crippen LogP contribution is -2.23. The van der Waals surface area contributed by atoms with Gasteiger partial charge in [-0.05, 0) is 25.7 Å². The summed E-state index contributed by atoms with van der Waals surface area (Å²) in [4.78, 5) is 17.5. The van der Waals surface area contributed by atoms with Gasteiger partial charge in [0.1, 0.15) is 21.9 Å². The molecule has 0 spiro atoms. The quantitative estimate of drug-likeness (QED) is 0.529. The number of H-pyrrole nitrogens is 1. The van der Waals surface area contributed by atoms with Crippen LogP contribution in [-0.4, -0.2) is 43.1 Å². The van der Waals surface area contributed by atoms with Gasteiger partial charge in [-0.3, -0.25) is 10.1 Å². The van der Waals surface area contributed by atoms with E-state index < -0.39 is 14.9 Å². The molecule has 0 unspecified atom stereocenters. The number of hydrogen-bond donors (Lipinski definition) is 3. The predicted octanol–water partition coefficient (Wildman–Crippen LogP) is 1.27. The molecule has 3 rings (SSSR count). The Morgan fingerprint density at radius 2 is 2.16 bits per heavy atom. The molecular formula is C14H19N5O5S. The first-order valence-corrected chi connectivity index (χ1v) is 9.34. The molecule has 1 fully saturated rings. The fraction of sp³-hybridized carbons (Fsp3) is 0.500. The number of ether oxygens (including phenoxy) is 1. The number of anilines is 1. The number of nitrogens with one attached hydrogen (secondary N) is 2. The SMILES string of the molecule is Cc1nc2c(S(N)(=O)=O)cc([N+](=O)[O-])c(NCC3CCOCC3)c2[nH]1. The lowest BCUT2D eigenvalue weighted by molar-refractivity contribution is -0.384. The second-order valence-electron chi connectivity index (χ2n) is 6.05. The Hall–Kier alpha value is -2.24. The van der Waals surface area contributed by atoms with Crippen LogP contribution in [0.4, 0.5) is 11.4 Å². The number of aromatic nitrogens is 2. The molecule has 0 aliphatic carbocycles. The normalized spacial score (nSPS) is 16.2. The molecule has 4 N–H and O–H groups in total. The van der Waals surface area contributed by atoms with Crippen LogP contribution in [-0.2, 0) is 14.8 Å². The molecule has 1 aromatic carbocycles. The first-order valence-electron chi connectivity index (χ1n) is 7.79. The Bertz CT molecular complexity index is 917. The number of nitro benzene ring substituents is 1. The van der Waals surface area contributed by atoms with Crippen molar-refractivity contribution in [2.24, 2.45) is 11.1 Å². The molecule has 1 aliphatic heterocycles. The minimum absolute atomic E-state index is 0.0973. The third kappa shape index (κ3) is 3.57. The number of primary sulfonamides is 1. The van der Waals surface area contributed by atoms with Gasteiger partial charge in [0.15, 0.2) is 0 Å². The average Bonchev–Trinajstić information content (AvgIpc) is 2.92. The Morgan fingerprint density at radius 1 is 1.48 bits per heavy atom. The summed E-state index contributed by atoms with van der Waals surface area (Å²) in [5.74, 6) is 0.764. The van der Waals surface area contributed by atoms with E-state index in [1.807, 2.05) is 0 Å². The van der Waals surface area contributed by atoms with Gasteiger partial charge in [-0.1, -0.05) is 0 Å². The molecule has 1 aromatic heterocycles. The first-order chi connectivity index (χ1) is 11.8. The number of hydrogen-bond acceptors (Lipinski definition) is 7. The van der Waals surface area contributed by atoms with Crippen LogP contribution in [0.3, 0.4) is 0 Å². The lowest BCUT2D eigenvalue weighted by atomic mass is 10.0. The Kier molecular flexibility index (Phi) is 4.62. The molecule has 0 atom stereocenters. The van der Waals surface area contributed by atoms with Gasteiger partial charge in [-0.15, -0.1) is 0 Å². The van der Waals surface area contributed by atoms with E-state index >= 15 is 0 Å². The Morgan fingerprint density at radius 3 is 2.76 bits per heavy atom. The van der Waals surface area contributed by atoms with Gasteiger partial charge in [0.2, 0.25) is 10.0 Å². The van der Waals surface area contributed by atoms with Gasteiger partial charge in [-0.25, -0.2) is 18.5 Å². The van der Waals surface area contributed by atoms with E-state index in [0.29, 0.717) is 31.5 Å². The van der Waals surface area contributed by atoms with E-state index in [0.717, 1.165) is 18.9 Å². The highest BCUT2D eigenvalue weighted by Gasteiger charge is 2.27.